The topological polar surface area (TPSA) is 12.0 Å². The summed E-state index contributed by atoms with van der Waals surface area (Å²) >= 11 is 2.05. The summed E-state index contributed by atoms with van der Waals surface area (Å²) in [6, 6.07) is 9.63. The summed E-state index contributed by atoms with van der Waals surface area (Å²) in [6.45, 7) is 3.46. The lowest BCUT2D eigenvalue weighted by atomic mass is 9.74. The lowest BCUT2D eigenvalue weighted by Gasteiger charge is -2.38. The van der Waals surface area contributed by atoms with E-state index in [-0.39, 0.29) is 0 Å². The molecule has 3 rings (SSSR count). The number of thioether (sulfide) groups is 1. The van der Waals surface area contributed by atoms with Gasteiger partial charge in [-0.3, -0.25) is 0 Å². The minimum atomic E-state index is 0.605. The summed E-state index contributed by atoms with van der Waals surface area (Å²) in [6.07, 6.45) is 7.74. The van der Waals surface area contributed by atoms with Crippen LogP contribution < -0.4 is 5.32 Å². The normalized spacial score (nSPS) is 28.8. The first kappa shape index (κ1) is 12.6. The molecule has 0 atom stereocenters. The third kappa shape index (κ3) is 2.46. The number of nitrogens with one attached hydrogen (secondary N) is 1. The van der Waals surface area contributed by atoms with Gasteiger partial charge in [0.05, 0.1) is 0 Å². The highest BCUT2D eigenvalue weighted by Crippen LogP contribution is 2.47. The molecule has 1 N–H and O–H groups in total. The second-order valence-corrected chi connectivity index (χ2v) is 7.26. The molecule has 0 amide bonds. The van der Waals surface area contributed by atoms with Crippen molar-refractivity contribution in [1.82, 2.24) is 5.32 Å². The van der Waals surface area contributed by atoms with Crippen molar-refractivity contribution in [1.29, 1.82) is 0 Å². The highest BCUT2D eigenvalue weighted by atomic mass is 32.2. The van der Waals surface area contributed by atoms with Crippen LogP contribution in [0.2, 0.25) is 0 Å². The van der Waals surface area contributed by atoms with E-state index in [0.717, 1.165) is 12.0 Å². The van der Waals surface area contributed by atoms with Gasteiger partial charge in [0.2, 0.25) is 0 Å². The third-order valence-corrected chi connectivity index (χ3v) is 6.14. The van der Waals surface area contributed by atoms with Gasteiger partial charge in [-0.25, -0.2) is 0 Å². The average Bonchev–Trinajstić information content (AvgIpc) is 3.10. The van der Waals surface area contributed by atoms with Gasteiger partial charge >= 0.3 is 0 Å². The van der Waals surface area contributed by atoms with Crippen molar-refractivity contribution < 1.29 is 0 Å². The van der Waals surface area contributed by atoms with Crippen LogP contribution in [0.4, 0.5) is 0 Å². The fraction of sp³-hybridized carbons (Fsp3) is 0.625. The summed E-state index contributed by atoms with van der Waals surface area (Å²) in [5, 5.41) is 3.77. The molecule has 0 heterocycles. The number of aryl methyl sites for hydroxylation is 1. The largest absolute Gasteiger partial charge is 0.313 e. The standard InChI is InChI=1S/C16H23NS/c1-12-5-3-4-6-15(12)13-9-14(10-13)17-11-16(18-2)7-8-16/h3-6,13-14,17H,7-11H2,1-2H3. The Labute approximate surface area is 115 Å². The molecule has 0 saturated heterocycles. The highest BCUT2D eigenvalue weighted by molar-refractivity contribution is 8.00. The van der Waals surface area contributed by atoms with E-state index >= 15 is 0 Å². The van der Waals surface area contributed by atoms with Crippen LogP contribution in [-0.2, 0) is 0 Å². The maximum Gasteiger partial charge on any atom is 0.0282 e. The molecule has 2 saturated carbocycles. The Bertz CT molecular complexity index is 419. The van der Waals surface area contributed by atoms with Crippen molar-refractivity contribution in [2.24, 2.45) is 0 Å². The first-order valence-electron chi connectivity index (χ1n) is 7.06. The number of benzene rings is 1. The Morgan fingerprint density at radius 1 is 1.28 bits per heavy atom. The molecule has 0 spiro atoms. The minimum absolute atomic E-state index is 0.605. The summed E-state index contributed by atoms with van der Waals surface area (Å²) in [5.74, 6) is 0.799. The highest BCUT2D eigenvalue weighted by Gasteiger charge is 2.42. The maximum absolute atomic E-state index is 3.77. The predicted octanol–water partition coefficient (Wildman–Crippen LogP) is 3.73. The molecule has 98 valence electrons. The van der Waals surface area contributed by atoms with Gasteiger partial charge in [0.1, 0.15) is 0 Å². The van der Waals surface area contributed by atoms with Gasteiger partial charge in [-0.2, -0.15) is 11.8 Å². The van der Waals surface area contributed by atoms with E-state index in [0.29, 0.717) is 4.75 Å². The van der Waals surface area contributed by atoms with Crippen LogP contribution in [0.1, 0.15) is 42.7 Å². The van der Waals surface area contributed by atoms with Gasteiger partial charge in [0.25, 0.3) is 0 Å². The number of hydrogen-bond donors (Lipinski definition) is 1. The second kappa shape index (κ2) is 4.90. The summed E-state index contributed by atoms with van der Waals surface area (Å²) in [5.41, 5.74) is 3.03. The van der Waals surface area contributed by atoms with E-state index in [4.69, 9.17) is 0 Å². The lowest BCUT2D eigenvalue weighted by Crippen LogP contribution is -2.43. The molecule has 2 heteroatoms. The molecule has 1 aromatic carbocycles. The summed E-state index contributed by atoms with van der Waals surface area (Å²) in [4.78, 5) is 0. The fourth-order valence-corrected chi connectivity index (χ4v) is 3.74. The monoisotopic (exact) mass is 261 g/mol. The van der Waals surface area contributed by atoms with Crippen LogP contribution >= 0.6 is 11.8 Å². The molecule has 18 heavy (non-hydrogen) atoms. The van der Waals surface area contributed by atoms with E-state index in [9.17, 15) is 0 Å². The predicted molar refractivity (Wildman–Crippen MR) is 80.4 cm³/mol. The first-order valence-corrected chi connectivity index (χ1v) is 8.29. The van der Waals surface area contributed by atoms with Gasteiger partial charge in [-0.1, -0.05) is 24.3 Å². The molecule has 2 aliphatic rings. The third-order valence-electron chi connectivity index (χ3n) is 4.72. The average molecular weight is 261 g/mol. The molecule has 0 radical (unpaired) electrons. The molecular weight excluding hydrogens is 238 g/mol. The zero-order valence-corrected chi connectivity index (χ0v) is 12.2. The summed E-state index contributed by atoms with van der Waals surface area (Å²) < 4.78 is 0.605. The quantitative estimate of drug-likeness (QED) is 0.867. The molecule has 0 unspecified atom stereocenters. The van der Waals surface area contributed by atoms with Crippen molar-refractivity contribution in [3.63, 3.8) is 0 Å². The Hall–Kier alpha value is -0.470. The van der Waals surface area contributed by atoms with Crippen LogP contribution in [0.5, 0.6) is 0 Å². The van der Waals surface area contributed by atoms with Crippen LogP contribution in [0, 0.1) is 6.92 Å². The van der Waals surface area contributed by atoms with Crippen molar-refractivity contribution in [2.75, 3.05) is 12.8 Å². The molecule has 0 aromatic heterocycles. The van der Waals surface area contributed by atoms with E-state index in [1.807, 2.05) is 0 Å². The van der Waals surface area contributed by atoms with E-state index in [2.05, 4.69) is 54.5 Å². The van der Waals surface area contributed by atoms with Gasteiger partial charge in [-0.15, -0.1) is 0 Å². The van der Waals surface area contributed by atoms with Crippen molar-refractivity contribution in [2.45, 2.75) is 49.3 Å². The van der Waals surface area contributed by atoms with Crippen LogP contribution in [0.25, 0.3) is 0 Å². The summed E-state index contributed by atoms with van der Waals surface area (Å²) in [7, 11) is 0. The van der Waals surface area contributed by atoms with Gasteiger partial charge in [-0.05, 0) is 55.9 Å². The Kier molecular flexibility index (Phi) is 3.42. The van der Waals surface area contributed by atoms with Gasteiger partial charge < -0.3 is 5.32 Å². The van der Waals surface area contributed by atoms with Crippen molar-refractivity contribution in [3.05, 3.63) is 35.4 Å². The molecule has 2 fully saturated rings. The van der Waals surface area contributed by atoms with Gasteiger partial charge in [0.15, 0.2) is 0 Å². The lowest BCUT2D eigenvalue weighted by molar-refractivity contribution is 0.290. The molecule has 0 bridgehead atoms. The Morgan fingerprint density at radius 2 is 2.00 bits per heavy atom. The SMILES string of the molecule is CSC1(CNC2CC(c3ccccc3C)C2)CC1. The fourth-order valence-electron chi connectivity index (χ4n) is 3.01. The van der Waals surface area contributed by atoms with Crippen molar-refractivity contribution >= 4 is 11.8 Å². The minimum Gasteiger partial charge on any atom is -0.313 e. The molecule has 1 nitrogen and oxygen atoms in total. The smallest absolute Gasteiger partial charge is 0.0282 e. The van der Waals surface area contributed by atoms with Gasteiger partial charge in [0, 0.05) is 17.3 Å². The Morgan fingerprint density at radius 3 is 2.61 bits per heavy atom. The molecule has 0 aliphatic heterocycles. The first-order chi connectivity index (χ1) is 8.72. The second-order valence-electron chi connectivity index (χ2n) is 5.99. The molecular formula is C16H23NS. The van der Waals surface area contributed by atoms with Crippen molar-refractivity contribution in [3.8, 4) is 0 Å². The van der Waals surface area contributed by atoms with Crippen LogP contribution in [0.3, 0.4) is 0 Å². The van der Waals surface area contributed by atoms with Crippen LogP contribution in [0.15, 0.2) is 24.3 Å². The maximum atomic E-state index is 3.77. The number of hydrogen-bond acceptors (Lipinski definition) is 2. The van der Waals surface area contributed by atoms with E-state index in [1.54, 1.807) is 5.56 Å². The van der Waals surface area contributed by atoms with E-state index in [1.165, 1.54) is 37.8 Å². The molecule has 1 aromatic rings. The zero-order valence-electron chi connectivity index (χ0n) is 11.4. The van der Waals surface area contributed by atoms with E-state index < -0.39 is 0 Å². The number of rotatable bonds is 5. The zero-order chi connectivity index (χ0) is 12.6. The van der Waals surface area contributed by atoms with Crippen LogP contribution in [-0.4, -0.2) is 23.6 Å². The molecule has 2 aliphatic carbocycles. The Balaban J connectivity index is 1.47.